The van der Waals surface area contributed by atoms with Crippen LogP contribution in [0.15, 0.2) is 12.7 Å². The molecule has 24 nitrogen and oxygen atoms in total. The smallest absolute Gasteiger partial charge is 0.756 e. The normalized spacial score (nSPS) is 22.9. The average Bonchev–Trinajstić information content (AvgIpc) is 3.60. The molecule has 3 rings (SSSR count). The van der Waals surface area contributed by atoms with Crippen LogP contribution in [0.4, 0.5) is 5.82 Å². The van der Waals surface area contributed by atoms with Crippen LogP contribution in [0.2, 0.25) is 0 Å². The van der Waals surface area contributed by atoms with Crippen molar-refractivity contribution in [3.05, 3.63) is 12.7 Å². The number of anilines is 1. The minimum Gasteiger partial charge on any atom is -0.756 e. The number of ether oxygens (including phenoxy) is 1. The van der Waals surface area contributed by atoms with Gasteiger partial charge in [0.1, 0.15) is 36.3 Å². The first kappa shape index (κ1) is 47.3. The van der Waals surface area contributed by atoms with Crippen molar-refractivity contribution in [2.24, 2.45) is 5.41 Å². The molecule has 53 heavy (non-hydrogen) atoms. The van der Waals surface area contributed by atoms with Crippen LogP contribution in [0, 0.1) is 5.41 Å². The third-order valence-electron chi connectivity index (χ3n) is 7.05. The number of amides is 2. The Morgan fingerprint density at radius 3 is 2.42 bits per heavy atom. The molecule has 29 heteroatoms. The average molecular weight is 830 g/mol. The largest absolute Gasteiger partial charge is 1.00 e. The van der Waals surface area contributed by atoms with Gasteiger partial charge in [0, 0.05) is 37.1 Å². The SMILES string of the molecule is CCC(=O)SCCNC(=O)CCNC(=O)[C@H](O)C(C)(C)COP(=O)(O)OP(=O)(O)OC[C@H]1O[C@@H](n2cnc3c(N)ncnc32)[C@H](O)[C@@H]1OP(=O)([O-])O.[Li+]. The summed E-state index contributed by atoms with van der Waals surface area (Å²) in [6.07, 6.45) is -6.72. The predicted octanol–water partition coefficient (Wildman–Crippen LogP) is -4.55. The van der Waals surface area contributed by atoms with E-state index in [4.69, 9.17) is 19.5 Å². The summed E-state index contributed by atoms with van der Waals surface area (Å²) in [6.45, 7) is 2.19. The van der Waals surface area contributed by atoms with Gasteiger partial charge in [-0.2, -0.15) is 4.31 Å². The second kappa shape index (κ2) is 19.8. The zero-order valence-corrected chi connectivity index (χ0v) is 32.2. The number of hydrogen-bond acceptors (Lipinski definition) is 19. The van der Waals surface area contributed by atoms with E-state index in [1.54, 1.807) is 6.92 Å². The van der Waals surface area contributed by atoms with Crippen molar-refractivity contribution in [3.8, 4) is 0 Å². The molecule has 1 saturated heterocycles. The van der Waals surface area contributed by atoms with Gasteiger partial charge in [-0.15, -0.1) is 0 Å². The summed E-state index contributed by atoms with van der Waals surface area (Å²) >= 11 is 1.07. The summed E-state index contributed by atoms with van der Waals surface area (Å²) in [7, 11) is -16.6. The molecule has 9 N–H and O–H groups in total. The molecule has 0 radical (unpaired) electrons. The summed E-state index contributed by atoms with van der Waals surface area (Å²) in [6, 6.07) is 0. The molecule has 2 amide bonds. The minimum absolute atomic E-state index is 0. The molecule has 1 aliphatic heterocycles. The quantitative estimate of drug-likeness (QED) is 0.0354. The van der Waals surface area contributed by atoms with E-state index >= 15 is 0 Å². The molecule has 0 bridgehead atoms. The Morgan fingerprint density at radius 2 is 1.77 bits per heavy atom. The number of nitrogen functional groups attached to an aromatic ring is 1. The fraction of sp³-hybridized carbons (Fsp3) is 0.667. The fourth-order valence-corrected chi connectivity index (χ4v) is 7.85. The second-order valence-corrected chi connectivity index (χ2v) is 17.0. The van der Waals surface area contributed by atoms with E-state index in [9.17, 15) is 57.9 Å². The number of aromatic nitrogens is 4. The molecule has 0 aliphatic carbocycles. The van der Waals surface area contributed by atoms with Gasteiger partial charge in [0.2, 0.25) is 11.8 Å². The second-order valence-electron chi connectivity index (χ2n) is 11.6. The molecular formula is C24H39LiN7O17P3S. The van der Waals surface area contributed by atoms with Gasteiger partial charge in [0.15, 0.2) is 22.8 Å². The van der Waals surface area contributed by atoms with Gasteiger partial charge in [-0.3, -0.25) is 32.6 Å². The Kier molecular flexibility index (Phi) is 17.7. The number of phosphoric acid groups is 3. The maximum atomic E-state index is 12.6. The monoisotopic (exact) mass is 829 g/mol. The van der Waals surface area contributed by atoms with Gasteiger partial charge in [-0.25, -0.2) is 24.1 Å². The molecule has 3 unspecified atom stereocenters. The van der Waals surface area contributed by atoms with E-state index in [2.05, 4.69) is 34.4 Å². The van der Waals surface area contributed by atoms with E-state index in [1.165, 1.54) is 13.8 Å². The molecule has 1 aliphatic rings. The van der Waals surface area contributed by atoms with Crippen LogP contribution in [0.25, 0.3) is 11.2 Å². The van der Waals surface area contributed by atoms with Crippen LogP contribution in [-0.4, -0.2) is 118 Å². The number of aliphatic hydroxyl groups is 2. The molecule has 294 valence electrons. The summed E-state index contributed by atoms with van der Waals surface area (Å²) in [4.78, 5) is 88.4. The van der Waals surface area contributed by atoms with Crippen LogP contribution in [-0.2, 0) is 50.7 Å². The van der Waals surface area contributed by atoms with Crippen LogP contribution in [0.3, 0.4) is 0 Å². The van der Waals surface area contributed by atoms with Crippen molar-refractivity contribution in [2.45, 2.75) is 64.3 Å². The molecular weight excluding hydrogens is 790 g/mol. The number of aliphatic hydroxyl groups excluding tert-OH is 2. The van der Waals surface area contributed by atoms with E-state index in [-0.39, 0.29) is 60.5 Å². The fourth-order valence-electron chi connectivity index (χ4n) is 4.39. The van der Waals surface area contributed by atoms with Crippen molar-refractivity contribution < 1.29 is 99.3 Å². The number of fused-ring (bicyclic) bond motifs is 1. The summed E-state index contributed by atoms with van der Waals surface area (Å²) in [5.41, 5.74) is 4.22. The van der Waals surface area contributed by atoms with Crippen molar-refractivity contribution in [3.63, 3.8) is 0 Å². The number of phosphoric ester groups is 3. The van der Waals surface area contributed by atoms with Gasteiger partial charge in [-0.05, 0) is 0 Å². The first-order valence-corrected chi connectivity index (χ1v) is 20.6. The van der Waals surface area contributed by atoms with Crippen LogP contribution < -0.4 is 40.1 Å². The maximum Gasteiger partial charge on any atom is 1.00 e. The minimum atomic E-state index is -5.57. The number of nitrogens with zero attached hydrogens (tertiary/aromatic N) is 4. The van der Waals surface area contributed by atoms with Crippen molar-refractivity contribution >= 4 is 69.1 Å². The first-order valence-electron chi connectivity index (χ1n) is 15.1. The van der Waals surface area contributed by atoms with Gasteiger partial charge >= 0.3 is 34.5 Å². The number of hydrogen-bond donors (Lipinski definition) is 8. The zero-order chi connectivity index (χ0) is 39.1. The Hall–Kier alpha value is -1.84. The molecule has 0 spiro atoms. The molecule has 2 aromatic heterocycles. The molecule has 8 atom stereocenters. The summed E-state index contributed by atoms with van der Waals surface area (Å²) in [5, 5.41) is 26.2. The Morgan fingerprint density at radius 1 is 1.11 bits per heavy atom. The third-order valence-corrected chi connectivity index (χ3v) is 11.2. The van der Waals surface area contributed by atoms with Crippen molar-refractivity contribution in [1.29, 1.82) is 0 Å². The van der Waals surface area contributed by atoms with E-state index in [0.29, 0.717) is 12.2 Å². The van der Waals surface area contributed by atoms with E-state index in [1.807, 2.05) is 0 Å². The predicted molar refractivity (Wildman–Crippen MR) is 175 cm³/mol. The molecule has 0 aromatic carbocycles. The van der Waals surface area contributed by atoms with E-state index < -0.39 is 84.6 Å². The number of carbonyl (C=O) groups excluding carboxylic acids is 3. The molecule has 2 aromatic rings. The Bertz CT molecular complexity index is 1740. The Labute approximate surface area is 317 Å². The van der Waals surface area contributed by atoms with Crippen molar-refractivity contribution in [1.82, 2.24) is 30.2 Å². The number of nitrogens with one attached hydrogen (secondary N) is 2. The Balaban J connectivity index is 0.00000972. The van der Waals surface area contributed by atoms with Gasteiger partial charge in [0.05, 0.1) is 19.5 Å². The number of nitrogens with two attached hydrogens (primary N) is 1. The standard InChI is InChI=1S/C24H40N7O17P3S.Li/c1-4-15(33)52-8-7-26-14(32)5-6-27-22(36)19(35)24(2,3)10-45-51(42,43)48-50(40,41)44-9-13-18(47-49(37,38)39)17(34)23(46-13)31-12-30-16-20(25)28-11-29-21(16)31;/h11-13,17-19,23,34-35H,4-10H2,1-3H3,(H,26,32)(H,27,36)(H,40,41)(H,42,43)(H2,25,28,29)(H2,37,38,39);/q;+1/p-1/t13-,17-,18-,19+,23-;/m1./s1. The molecule has 3 heterocycles. The van der Waals surface area contributed by atoms with E-state index in [0.717, 1.165) is 29.0 Å². The topological polar surface area (TPSA) is 366 Å². The number of rotatable bonds is 20. The van der Waals surface area contributed by atoms with Gasteiger partial charge in [0.25, 0.3) is 7.82 Å². The van der Waals surface area contributed by atoms with Crippen LogP contribution in [0.5, 0.6) is 0 Å². The zero-order valence-electron chi connectivity index (χ0n) is 28.7. The molecule has 1 fully saturated rings. The number of imidazole rings is 1. The summed E-state index contributed by atoms with van der Waals surface area (Å²) in [5.74, 6) is -1.09. The number of thioether (sulfide) groups is 1. The van der Waals surface area contributed by atoms with Crippen LogP contribution in [0.1, 0.15) is 39.8 Å². The van der Waals surface area contributed by atoms with Crippen molar-refractivity contribution in [2.75, 3.05) is 37.8 Å². The number of carbonyl (C=O) groups is 3. The third kappa shape index (κ3) is 14.3. The summed E-state index contributed by atoms with van der Waals surface area (Å²) < 4.78 is 61.6. The van der Waals surface area contributed by atoms with Gasteiger partial charge < -0.3 is 55.4 Å². The first-order chi connectivity index (χ1) is 24.1. The maximum absolute atomic E-state index is 12.6. The van der Waals surface area contributed by atoms with Gasteiger partial charge in [-0.1, -0.05) is 32.5 Å². The molecule has 0 saturated carbocycles. The van der Waals surface area contributed by atoms with Crippen LogP contribution >= 0.6 is 35.2 Å².